The zero-order valence-corrected chi connectivity index (χ0v) is 15.1. The Balaban J connectivity index is 1.79. The number of benzene rings is 2. The molecule has 0 aliphatic heterocycles. The number of hydrogen-bond donors (Lipinski definition) is 3. The molecule has 6 nitrogen and oxygen atoms in total. The number of rotatable bonds is 6. The number of nitrogens with two attached hydrogens (primary N) is 1. The van der Waals surface area contributed by atoms with E-state index in [9.17, 15) is 31.1 Å². The Morgan fingerprint density at radius 1 is 0.967 bits per heavy atom. The van der Waals surface area contributed by atoms with Crippen molar-refractivity contribution in [2.24, 2.45) is 10.7 Å². The number of carbonyl (C=O) groups is 1. The van der Waals surface area contributed by atoms with E-state index >= 15 is 0 Å². The van der Waals surface area contributed by atoms with Crippen molar-refractivity contribution < 1.29 is 35.9 Å². The summed E-state index contributed by atoms with van der Waals surface area (Å²) in [5.74, 6) is -1.02. The Morgan fingerprint density at radius 2 is 1.57 bits per heavy atom. The summed E-state index contributed by atoms with van der Waals surface area (Å²) in [6.07, 6.45) is -9.28. The van der Waals surface area contributed by atoms with Crippen molar-refractivity contribution in [3.05, 3.63) is 59.7 Å². The second-order valence-electron chi connectivity index (χ2n) is 5.80. The van der Waals surface area contributed by atoms with Gasteiger partial charge in [0.1, 0.15) is 5.75 Å². The molecule has 162 valence electrons. The first-order valence-corrected chi connectivity index (χ1v) is 8.32. The SMILES string of the molecule is NC(=NCCNC(=O)c1ccc(C(F)(F)F)cc1)Nc1ccc(OC(F)(F)F)cc1. The van der Waals surface area contributed by atoms with Gasteiger partial charge in [0.15, 0.2) is 5.96 Å². The maximum atomic E-state index is 12.5. The van der Waals surface area contributed by atoms with Crippen molar-refractivity contribution in [1.29, 1.82) is 0 Å². The van der Waals surface area contributed by atoms with Crippen molar-refractivity contribution in [1.82, 2.24) is 5.32 Å². The molecule has 0 aromatic heterocycles. The minimum atomic E-state index is -4.79. The molecule has 0 heterocycles. The fraction of sp³-hybridized carbons (Fsp3) is 0.222. The lowest BCUT2D eigenvalue weighted by atomic mass is 10.1. The Bertz CT molecular complexity index is 878. The van der Waals surface area contributed by atoms with Gasteiger partial charge in [-0.3, -0.25) is 9.79 Å². The van der Waals surface area contributed by atoms with Crippen LogP contribution in [0.5, 0.6) is 5.75 Å². The molecular formula is C18H16F6N4O2. The Kier molecular flexibility index (Phi) is 7.14. The fourth-order valence-electron chi connectivity index (χ4n) is 2.19. The number of carbonyl (C=O) groups excluding carboxylic acids is 1. The minimum Gasteiger partial charge on any atom is -0.406 e. The van der Waals surface area contributed by atoms with Crippen LogP contribution in [0, 0.1) is 0 Å². The molecule has 0 aliphatic carbocycles. The zero-order valence-electron chi connectivity index (χ0n) is 15.1. The number of hydrogen-bond acceptors (Lipinski definition) is 3. The second-order valence-corrected chi connectivity index (χ2v) is 5.80. The number of anilines is 1. The standard InChI is InChI=1S/C18H16F6N4O2/c19-17(20,21)12-3-1-11(2-4-12)15(29)26-9-10-27-16(25)28-13-5-7-14(8-6-13)30-18(22,23)24/h1-8H,9-10H2,(H,26,29)(H3,25,27,28). The molecule has 4 N–H and O–H groups in total. The highest BCUT2D eigenvalue weighted by Gasteiger charge is 2.31. The quantitative estimate of drug-likeness (QED) is 0.280. The second kappa shape index (κ2) is 9.37. The van der Waals surface area contributed by atoms with E-state index in [0.717, 1.165) is 36.4 Å². The van der Waals surface area contributed by atoms with Crippen LogP contribution in [0.15, 0.2) is 53.5 Å². The number of amides is 1. The van der Waals surface area contributed by atoms with Crippen molar-refractivity contribution in [2.45, 2.75) is 12.5 Å². The summed E-state index contributed by atoms with van der Waals surface area (Å²) in [5.41, 5.74) is 5.19. The maximum Gasteiger partial charge on any atom is 0.573 e. The highest BCUT2D eigenvalue weighted by Crippen LogP contribution is 2.29. The van der Waals surface area contributed by atoms with Gasteiger partial charge in [-0.2, -0.15) is 13.2 Å². The number of nitrogens with zero attached hydrogens (tertiary/aromatic N) is 1. The predicted molar refractivity (Wildman–Crippen MR) is 97.0 cm³/mol. The molecule has 0 fully saturated rings. The van der Waals surface area contributed by atoms with Gasteiger partial charge >= 0.3 is 12.5 Å². The average Bonchev–Trinajstić information content (AvgIpc) is 2.65. The summed E-state index contributed by atoms with van der Waals surface area (Å²) >= 11 is 0. The molecule has 2 aromatic carbocycles. The Labute approximate surface area is 166 Å². The molecule has 0 saturated carbocycles. The molecule has 0 bridgehead atoms. The van der Waals surface area contributed by atoms with Crippen molar-refractivity contribution in [3.63, 3.8) is 0 Å². The first-order chi connectivity index (χ1) is 13.9. The third-order valence-electron chi connectivity index (χ3n) is 3.51. The van der Waals surface area contributed by atoms with Gasteiger partial charge in [0.05, 0.1) is 12.1 Å². The third-order valence-corrected chi connectivity index (χ3v) is 3.51. The van der Waals surface area contributed by atoms with E-state index in [0.29, 0.717) is 5.69 Å². The van der Waals surface area contributed by atoms with Crippen LogP contribution in [-0.4, -0.2) is 31.3 Å². The van der Waals surface area contributed by atoms with Crippen LogP contribution in [0.2, 0.25) is 0 Å². The lowest BCUT2D eigenvalue weighted by molar-refractivity contribution is -0.274. The van der Waals surface area contributed by atoms with Gasteiger partial charge in [-0.15, -0.1) is 13.2 Å². The molecular weight excluding hydrogens is 418 g/mol. The van der Waals surface area contributed by atoms with Crippen LogP contribution >= 0.6 is 0 Å². The molecule has 0 unspecified atom stereocenters. The number of ether oxygens (including phenoxy) is 1. The molecule has 30 heavy (non-hydrogen) atoms. The molecule has 1 amide bonds. The largest absolute Gasteiger partial charge is 0.573 e. The number of aliphatic imine (C=N–C) groups is 1. The van der Waals surface area contributed by atoms with Crippen LogP contribution in [0.25, 0.3) is 0 Å². The molecule has 0 radical (unpaired) electrons. The van der Waals surface area contributed by atoms with Crippen molar-refractivity contribution >= 4 is 17.6 Å². The highest BCUT2D eigenvalue weighted by atomic mass is 19.4. The topological polar surface area (TPSA) is 88.7 Å². The Morgan fingerprint density at radius 3 is 2.10 bits per heavy atom. The highest BCUT2D eigenvalue weighted by molar-refractivity contribution is 5.94. The molecule has 2 rings (SSSR count). The van der Waals surface area contributed by atoms with Crippen LogP contribution in [0.3, 0.4) is 0 Å². The summed E-state index contributed by atoms with van der Waals surface area (Å²) in [6, 6.07) is 8.51. The van der Waals surface area contributed by atoms with E-state index in [1.807, 2.05) is 0 Å². The monoisotopic (exact) mass is 434 g/mol. The Hall–Kier alpha value is -3.44. The molecule has 12 heteroatoms. The van der Waals surface area contributed by atoms with Crippen LogP contribution < -0.4 is 21.1 Å². The van der Waals surface area contributed by atoms with E-state index in [2.05, 4.69) is 20.4 Å². The number of nitrogens with one attached hydrogen (secondary N) is 2. The summed E-state index contributed by atoms with van der Waals surface area (Å²) in [4.78, 5) is 15.8. The van der Waals surface area contributed by atoms with Crippen LogP contribution in [0.4, 0.5) is 32.0 Å². The van der Waals surface area contributed by atoms with Gasteiger partial charge in [0.25, 0.3) is 5.91 Å². The van der Waals surface area contributed by atoms with Crippen molar-refractivity contribution in [2.75, 3.05) is 18.4 Å². The molecule has 0 spiro atoms. The average molecular weight is 434 g/mol. The van der Waals surface area contributed by atoms with Crippen molar-refractivity contribution in [3.8, 4) is 5.75 Å². The third kappa shape index (κ3) is 7.53. The zero-order chi connectivity index (χ0) is 22.4. The predicted octanol–water partition coefficient (Wildman–Crippen LogP) is 3.76. The lowest BCUT2D eigenvalue weighted by Crippen LogP contribution is -2.28. The van der Waals surface area contributed by atoms with Gasteiger partial charge in [0, 0.05) is 17.8 Å². The number of halogens is 6. The van der Waals surface area contributed by atoms with Gasteiger partial charge in [-0.05, 0) is 48.5 Å². The normalized spacial score (nSPS) is 12.4. The van der Waals surface area contributed by atoms with E-state index in [1.165, 1.54) is 12.1 Å². The van der Waals surface area contributed by atoms with E-state index in [1.54, 1.807) is 0 Å². The van der Waals surface area contributed by atoms with Crippen LogP contribution in [0.1, 0.15) is 15.9 Å². The summed E-state index contributed by atoms with van der Waals surface area (Å²) in [7, 11) is 0. The summed E-state index contributed by atoms with van der Waals surface area (Å²) in [5, 5.41) is 5.12. The van der Waals surface area contributed by atoms with Gasteiger partial charge in [-0.25, -0.2) is 0 Å². The molecule has 0 aliphatic rings. The van der Waals surface area contributed by atoms with Gasteiger partial charge < -0.3 is 21.1 Å². The van der Waals surface area contributed by atoms with Gasteiger partial charge in [0.2, 0.25) is 0 Å². The molecule has 0 saturated heterocycles. The smallest absolute Gasteiger partial charge is 0.406 e. The molecule has 0 atom stereocenters. The number of guanidine groups is 1. The summed E-state index contributed by atoms with van der Waals surface area (Å²) < 4.78 is 77.6. The van der Waals surface area contributed by atoms with Crippen LogP contribution in [-0.2, 0) is 6.18 Å². The van der Waals surface area contributed by atoms with Gasteiger partial charge in [-0.1, -0.05) is 0 Å². The van der Waals surface area contributed by atoms with E-state index in [-0.39, 0.29) is 24.6 Å². The maximum absolute atomic E-state index is 12.5. The fourth-order valence-corrected chi connectivity index (χ4v) is 2.19. The minimum absolute atomic E-state index is 0.0525. The lowest BCUT2D eigenvalue weighted by Gasteiger charge is -2.10. The van der Waals surface area contributed by atoms with E-state index < -0.39 is 29.8 Å². The van der Waals surface area contributed by atoms with E-state index in [4.69, 9.17) is 5.73 Å². The first-order valence-electron chi connectivity index (χ1n) is 8.32. The summed E-state index contributed by atoms with van der Waals surface area (Å²) in [6.45, 7) is 0.112. The molecule has 2 aromatic rings. The number of alkyl halides is 6. The first kappa shape index (κ1) is 22.8.